The first-order valence-electron chi connectivity index (χ1n) is 7.21. The maximum Gasteiger partial charge on any atom is 0.257 e. The van der Waals surface area contributed by atoms with Crippen molar-refractivity contribution in [3.63, 3.8) is 0 Å². The molecule has 2 aromatic heterocycles. The standard InChI is InChI=1S/C15H19N3O3S/c1-10-7-17(8-11(2)22(10)20)15(19)13-6-16-18-9-12(21-3)4-5-14(13)18/h4-6,9-11H,7-8H2,1-3H3. The third-order valence-electron chi connectivity index (χ3n) is 3.99. The Kier molecular flexibility index (Phi) is 3.90. The predicted molar refractivity (Wildman–Crippen MR) is 84.7 cm³/mol. The van der Waals surface area contributed by atoms with Gasteiger partial charge in [0.1, 0.15) is 5.75 Å². The molecule has 2 atom stereocenters. The number of carbonyl (C=O) groups is 1. The minimum atomic E-state index is -0.876. The van der Waals surface area contributed by atoms with Crippen molar-refractivity contribution in [3.8, 4) is 5.75 Å². The molecule has 1 fully saturated rings. The maximum absolute atomic E-state index is 12.8. The highest BCUT2D eigenvalue weighted by Crippen LogP contribution is 2.21. The first-order chi connectivity index (χ1) is 10.5. The van der Waals surface area contributed by atoms with Crippen molar-refractivity contribution in [1.82, 2.24) is 14.5 Å². The van der Waals surface area contributed by atoms with Gasteiger partial charge in [0.05, 0.1) is 30.6 Å². The Balaban J connectivity index is 1.91. The molecule has 0 aliphatic carbocycles. The molecule has 0 aromatic carbocycles. The van der Waals surface area contributed by atoms with Crippen LogP contribution >= 0.6 is 0 Å². The van der Waals surface area contributed by atoms with Crippen LogP contribution in [0, 0.1) is 0 Å². The molecular weight excluding hydrogens is 302 g/mol. The van der Waals surface area contributed by atoms with E-state index in [2.05, 4.69) is 5.10 Å². The Bertz CT molecular complexity index is 729. The molecular formula is C15H19N3O3S. The molecule has 1 amide bonds. The van der Waals surface area contributed by atoms with Gasteiger partial charge in [-0.15, -0.1) is 0 Å². The van der Waals surface area contributed by atoms with E-state index in [0.29, 0.717) is 24.4 Å². The highest BCUT2D eigenvalue weighted by atomic mass is 32.2. The van der Waals surface area contributed by atoms with Crippen molar-refractivity contribution < 1.29 is 13.7 Å². The number of amides is 1. The molecule has 2 aromatic rings. The van der Waals surface area contributed by atoms with Gasteiger partial charge >= 0.3 is 0 Å². The molecule has 1 saturated heterocycles. The molecule has 6 nitrogen and oxygen atoms in total. The number of methoxy groups -OCH3 is 1. The first-order valence-corrected chi connectivity index (χ1v) is 8.49. The summed E-state index contributed by atoms with van der Waals surface area (Å²) in [6.45, 7) is 4.88. The second-order valence-electron chi connectivity index (χ2n) is 5.62. The van der Waals surface area contributed by atoms with Crippen molar-refractivity contribution in [2.75, 3.05) is 20.2 Å². The zero-order valence-corrected chi connectivity index (χ0v) is 13.7. The van der Waals surface area contributed by atoms with E-state index in [9.17, 15) is 9.00 Å². The topological polar surface area (TPSA) is 63.9 Å². The van der Waals surface area contributed by atoms with E-state index in [1.807, 2.05) is 26.0 Å². The Morgan fingerprint density at radius 3 is 2.64 bits per heavy atom. The summed E-state index contributed by atoms with van der Waals surface area (Å²) in [5.41, 5.74) is 1.31. The molecule has 118 valence electrons. The summed E-state index contributed by atoms with van der Waals surface area (Å²) < 4.78 is 18.8. The van der Waals surface area contributed by atoms with Gasteiger partial charge in [-0.25, -0.2) is 4.52 Å². The summed E-state index contributed by atoms with van der Waals surface area (Å²) >= 11 is 0. The lowest BCUT2D eigenvalue weighted by molar-refractivity contribution is 0.0753. The first kappa shape index (κ1) is 15.0. The Hall–Kier alpha value is -1.89. The van der Waals surface area contributed by atoms with Gasteiger partial charge in [-0.3, -0.25) is 9.00 Å². The number of hydrogen-bond donors (Lipinski definition) is 0. The molecule has 0 spiro atoms. The minimum absolute atomic E-state index is 0.00497. The fourth-order valence-corrected chi connectivity index (χ4v) is 4.27. The van der Waals surface area contributed by atoms with E-state index in [0.717, 1.165) is 5.52 Å². The van der Waals surface area contributed by atoms with Gasteiger partial charge in [0, 0.05) is 34.4 Å². The molecule has 0 bridgehead atoms. The zero-order valence-electron chi connectivity index (χ0n) is 12.9. The lowest BCUT2D eigenvalue weighted by Gasteiger charge is -2.34. The van der Waals surface area contributed by atoms with E-state index in [-0.39, 0.29) is 16.4 Å². The summed E-state index contributed by atoms with van der Waals surface area (Å²) in [5, 5.41) is 4.22. The molecule has 0 saturated carbocycles. The van der Waals surface area contributed by atoms with Crippen LogP contribution in [0.15, 0.2) is 24.5 Å². The summed E-state index contributed by atoms with van der Waals surface area (Å²) in [5.74, 6) is 0.626. The summed E-state index contributed by atoms with van der Waals surface area (Å²) in [6, 6.07) is 3.64. The van der Waals surface area contributed by atoms with Gasteiger partial charge in [-0.1, -0.05) is 0 Å². The van der Waals surface area contributed by atoms with Gasteiger partial charge in [0.15, 0.2) is 0 Å². The van der Waals surface area contributed by atoms with Crippen LogP contribution in [0.25, 0.3) is 5.52 Å². The normalized spacial score (nSPS) is 25.4. The molecule has 0 N–H and O–H groups in total. The van der Waals surface area contributed by atoms with Crippen molar-refractivity contribution in [2.45, 2.75) is 24.3 Å². The molecule has 2 unspecified atom stereocenters. The average molecular weight is 321 g/mol. The average Bonchev–Trinajstić information content (AvgIpc) is 2.94. The SMILES string of the molecule is COc1ccc2c(C(=O)N3CC(C)S(=O)C(C)C3)cnn2c1. The van der Waals surface area contributed by atoms with E-state index in [1.54, 1.807) is 28.9 Å². The van der Waals surface area contributed by atoms with Gasteiger partial charge in [0.25, 0.3) is 5.91 Å². The molecule has 1 aliphatic rings. The zero-order chi connectivity index (χ0) is 15.9. The highest BCUT2D eigenvalue weighted by molar-refractivity contribution is 7.86. The number of rotatable bonds is 2. The number of nitrogens with zero attached hydrogens (tertiary/aromatic N) is 3. The maximum atomic E-state index is 12.8. The number of ether oxygens (including phenoxy) is 1. The van der Waals surface area contributed by atoms with Gasteiger partial charge in [-0.2, -0.15) is 5.10 Å². The minimum Gasteiger partial charge on any atom is -0.495 e. The van der Waals surface area contributed by atoms with Gasteiger partial charge in [-0.05, 0) is 26.0 Å². The van der Waals surface area contributed by atoms with Crippen LogP contribution in [0.5, 0.6) is 5.75 Å². The molecule has 1 aliphatic heterocycles. The van der Waals surface area contributed by atoms with Crippen LogP contribution in [0.3, 0.4) is 0 Å². The van der Waals surface area contributed by atoms with Crippen molar-refractivity contribution in [3.05, 3.63) is 30.1 Å². The number of pyridine rings is 1. The monoisotopic (exact) mass is 321 g/mol. The van der Waals surface area contributed by atoms with Crippen LogP contribution in [0.2, 0.25) is 0 Å². The highest BCUT2D eigenvalue weighted by Gasteiger charge is 2.32. The third-order valence-corrected chi connectivity index (χ3v) is 5.87. The molecule has 22 heavy (non-hydrogen) atoms. The smallest absolute Gasteiger partial charge is 0.257 e. The van der Waals surface area contributed by atoms with Gasteiger partial charge in [0.2, 0.25) is 0 Å². The lowest BCUT2D eigenvalue weighted by atomic mass is 10.2. The van der Waals surface area contributed by atoms with E-state index >= 15 is 0 Å². The van der Waals surface area contributed by atoms with Crippen LogP contribution in [-0.2, 0) is 10.8 Å². The van der Waals surface area contributed by atoms with Crippen LogP contribution in [0.4, 0.5) is 0 Å². The lowest BCUT2D eigenvalue weighted by Crippen LogP contribution is -2.49. The van der Waals surface area contributed by atoms with Crippen LogP contribution in [-0.4, -0.2) is 55.3 Å². The van der Waals surface area contributed by atoms with Crippen LogP contribution < -0.4 is 4.74 Å². The van der Waals surface area contributed by atoms with E-state index in [1.165, 1.54) is 0 Å². The third kappa shape index (κ3) is 2.49. The quantitative estimate of drug-likeness (QED) is 0.837. The number of hydrogen-bond acceptors (Lipinski definition) is 4. The Labute approximate surface area is 131 Å². The summed E-state index contributed by atoms with van der Waals surface area (Å²) in [7, 11) is 0.714. The molecule has 3 heterocycles. The fraction of sp³-hybridized carbons (Fsp3) is 0.467. The summed E-state index contributed by atoms with van der Waals surface area (Å²) in [6.07, 6.45) is 3.32. The van der Waals surface area contributed by atoms with Crippen molar-refractivity contribution >= 4 is 22.2 Å². The van der Waals surface area contributed by atoms with Gasteiger partial charge < -0.3 is 9.64 Å². The Morgan fingerprint density at radius 2 is 2.00 bits per heavy atom. The van der Waals surface area contributed by atoms with E-state index < -0.39 is 10.8 Å². The second-order valence-corrected chi connectivity index (χ2v) is 7.88. The van der Waals surface area contributed by atoms with E-state index in [4.69, 9.17) is 4.74 Å². The number of fused-ring (bicyclic) bond motifs is 1. The number of aromatic nitrogens is 2. The Morgan fingerprint density at radius 1 is 1.32 bits per heavy atom. The van der Waals surface area contributed by atoms with Crippen molar-refractivity contribution in [1.29, 1.82) is 0 Å². The molecule has 0 radical (unpaired) electrons. The molecule has 3 rings (SSSR count). The summed E-state index contributed by atoms with van der Waals surface area (Å²) in [4.78, 5) is 14.5. The number of carbonyl (C=O) groups excluding carboxylic acids is 1. The van der Waals surface area contributed by atoms with Crippen molar-refractivity contribution in [2.24, 2.45) is 0 Å². The van der Waals surface area contributed by atoms with Crippen LogP contribution in [0.1, 0.15) is 24.2 Å². The predicted octanol–water partition coefficient (Wildman–Crippen LogP) is 1.32. The second kappa shape index (κ2) is 5.72. The molecule has 7 heteroatoms. The fourth-order valence-electron chi connectivity index (χ4n) is 2.83. The largest absolute Gasteiger partial charge is 0.495 e.